The summed E-state index contributed by atoms with van der Waals surface area (Å²) in [5.41, 5.74) is 0. The lowest BCUT2D eigenvalue weighted by Gasteiger charge is -2.02. The number of nitrogens with zero attached hydrogens (tertiary/aromatic N) is 1. The highest BCUT2D eigenvalue weighted by molar-refractivity contribution is 6.41. The minimum Gasteiger partial charge on any atom is -0.336 e. The van der Waals surface area contributed by atoms with Crippen LogP contribution in [0.3, 0.4) is 0 Å². The van der Waals surface area contributed by atoms with Crippen LogP contribution in [0.1, 0.15) is 6.92 Å². The number of hydrogen-bond acceptors (Lipinski definition) is 1. The van der Waals surface area contributed by atoms with E-state index in [-0.39, 0.29) is 0 Å². The molecule has 0 fully saturated rings. The maximum atomic E-state index is 10.3. The van der Waals surface area contributed by atoms with E-state index in [0.717, 1.165) is 0 Å². The number of rotatable bonds is 1. The predicted octanol–water partition coefficient (Wildman–Crippen LogP) is 1.33. The SMILES string of the molecule is CCNC(=O)N(Cl)Cl. The van der Waals surface area contributed by atoms with Crippen molar-refractivity contribution in [3.8, 4) is 0 Å². The Bertz CT molecular complexity index is 85.4. The van der Waals surface area contributed by atoms with Crippen LogP contribution in [-0.2, 0) is 0 Å². The Labute approximate surface area is 57.8 Å². The number of carbonyl (C=O) groups excluding carboxylic acids is 1. The van der Waals surface area contributed by atoms with Crippen molar-refractivity contribution < 1.29 is 4.79 Å². The normalized spacial score (nSPS) is 8.38. The summed E-state index contributed by atoms with van der Waals surface area (Å²) >= 11 is 9.99. The van der Waals surface area contributed by atoms with Crippen LogP contribution >= 0.6 is 23.6 Å². The molecule has 0 aliphatic rings. The molecule has 0 atom stereocenters. The molecule has 0 saturated carbocycles. The van der Waals surface area contributed by atoms with Crippen molar-refractivity contribution in [3.05, 3.63) is 0 Å². The molecule has 0 radical (unpaired) electrons. The topological polar surface area (TPSA) is 32.3 Å². The van der Waals surface area contributed by atoms with Crippen molar-refractivity contribution in [2.45, 2.75) is 6.92 Å². The average Bonchev–Trinajstić information content (AvgIpc) is 1.67. The van der Waals surface area contributed by atoms with E-state index in [1.54, 1.807) is 6.92 Å². The molecular weight excluding hydrogens is 151 g/mol. The number of hydrogen-bond donors (Lipinski definition) is 1. The zero-order valence-electron chi connectivity index (χ0n) is 4.32. The average molecular weight is 157 g/mol. The van der Waals surface area contributed by atoms with Crippen LogP contribution in [0.15, 0.2) is 0 Å². The lowest BCUT2D eigenvalue weighted by atomic mass is 10.7. The van der Waals surface area contributed by atoms with Gasteiger partial charge in [-0.1, -0.05) is 0 Å². The highest BCUT2D eigenvalue weighted by Gasteiger charge is 2.02. The summed E-state index contributed by atoms with van der Waals surface area (Å²) in [4.78, 5) is 10.3. The lowest BCUT2D eigenvalue weighted by Crippen LogP contribution is -2.28. The zero-order valence-corrected chi connectivity index (χ0v) is 5.83. The van der Waals surface area contributed by atoms with Gasteiger partial charge in [0.05, 0.1) is 0 Å². The van der Waals surface area contributed by atoms with Crippen LogP contribution in [0.2, 0.25) is 0 Å². The quantitative estimate of drug-likeness (QED) is 0.572. The molecule has 5 heteroatoms. The second-order valence-electron chi connectivity index (χ2n) is 1.07. The van der Waals surface area contributed by atoms with Gasteiger partial charge < -0.3 is 5.32 Å². The molecule has 0 spiro atoms. The van der Waals surface area contributed by atoms with E-state index in [1.165, 1.54) is 0 Å². The van der Waals surface area contributed by atoms with Crippen LogP contribution in [-0.4, -0.2) is 16.5 Å². The Hall–Kier alpha value is -0.150. The molecule has 8 heavy (non-hydrogen) atoms. The molecule has 0 saturated heterocycles. The van der Waals surface area contributed by atoms with Crippen molar-refractivity contribution >= 4 is 29.6 Å². The summed E-state index contributed by atoms with van der Waals surface area (Å²) in [5, 5.41) is 2.37. The Kier molecular flexibility index (Phi) is 3.73. The van der Waals surface area contributed by atoms with Gasteiger partial charge in [-0.2, -0.15) is 0 Å². The second-order valence-corrected chi connectivity index (χ2v) is 1.92. The molecule has 2 amide bonds. The van der Waals surface area contributed by atoms with Crippen LogP contribution in [0.4, 0.5) is 4.79 Å². The van der Waals surface area contributed by atoms with Gasteiger partial charge in [-0.3, -0.25) is 0 Å². The molecule has 0 unspecified atom stereocenters. The van der Waals surface area contributed by atoms with E-state index in [9.17, 15) is 4.79 Å². The fourth-order valence-corrected chi connectivity index (χ4v) is 0.331. The number of halogens is 2. The Morgan fingerprint density at radius 1 is 1.75 bits per heavy atom. The van der Waals surface area contributed by atoms with Gasteiger partial charge in [-0.15, -0.1) is 3.94 Å². The van der Waals surface area contributed by atoms with Gasteiger partial charge in [0, 0.05) is 30.1 Å². The fourth-order valence-electron chi connectivity index (χ4n) is 0.211. The van der Waals surface area contributed by atoms with Crippen LogP contribution in [0.5, 0.6) is 0 Å². The second kappa shape index (κ2) is 3.80. The standard InChI is InChI=1S/C3H6Cl2N2O/c1-2-6-3(8)7(4)5/h2H2,1H3,(H,6,8). The van der Waals surface area contributed by atoms with E-state index in [0.29, 0.717) is 10.5 Å². The van der Waals surface area contributed by atoms with E-state index in [2.05, 4.69) is 5.32 Å². The molecule has 0 aromatic carbocycles. The number of carbonyl (C=O) groups is 1. The van der Waals surface area contributed by atoms with Crippen molar-refractivity contribution in [1.82, 2.24) is 9.25 Å². The fraction of sp³-hybridized carbons (Fsp3) is 0.667. The van der Waals surface area contributed by atoms with Gasteiger partial charge in [0.25, 0.3) is 0 Å². The van der Waals surface area contributed by atoms with Crippen LogP contribution in [0.25, 0.3) is 0 Å². The first kappa shape index (κ1) is 7.85. The van der Waals surface area contributed by atoms with Crippen molar-refractivity contribution in [1.29, 1.82) is 0 Å². The van der Waals surface area contributed by atoms with E-state index in [1.807, 2.05) is 0 Å². The monoisotopic (exact) mass is 156 g/mol. The third-order valence-electron chi connectivity index (χ3n) is 0.482. The van der Waals surface area contributed by atoms with E-state index < -0.39 is 6.03 Å². The highest BCUT2D eigenvalue weighted by Crippen LogP contribution is 1.96. The summed E-state index contributed by atoms with van der Waals surface area (Å²) in [6, 6.07) is -0.504. The summed E-state index contributed by atoms with van der Waals surface area (Å²) in [7, 11) is 0. The third-order valence-corrected chi connectivity index (χ3v) is 0.789. The maximum absolute atomic E-state index is 10.3. The molecular formula is C3H6Cl2N2O. The Balaban J connectivity index is 3.33. The van der Waals surface area contributed by atoms with Crippen molar-refractivity contribution in [3.63, 3.8) is 0 Å². The molecule has 0 aromatic rings. The maximum Gasteiger partial charge on any atom is 0.347 e. The molecule has 0 rings (SSSR count). The minimum absolute atomic E-state index is 0.448. The molecule has 0 aliphatic carbocycles. The molecule has 0 aliphatic heterocycles. The van der Waals surface area contributed by atoms with Gasteiger partial charge in [-0.05, 0) is 6.92 Å². The number of nitrogens with one attached hydrogen (secondary N) is 1. The Morgan fingerprint density at radius 3 is 2.38 bits per heavy atom. The van der Waals surface area contributed by atoms with Gasteiger partial charge in [0.15, 0.2) is 0 Å². The number of amides is 2. The zero-order chi connectivity index (χ0) is 6.57. The van der Waals surface area contributed by atoms with Crippen molar-refractivity contribution in [2.75, 3.05) is 6.54 Å². The van der Waals surface area contributed by atoms with Crippen molar-refractivity contribution in [2.24, 2.45) is 0 Å². The van der Waals surface area contributed by atoms with E-state index in [4.69, 9.17) is 23.6 Å². The third kappa shape index (κ3) is 2.93. The first-order chi connectivity index (χ1) is 3.68. The van der Waals surface area contributed by atoms with Gasteiger partial charge in [-0.25, -0.2) is 4.79 Å². The smallest absolute Gasteiger partial charge is 0.336 e. The van der Waals surface area contributed by atoms with Crippen LogP contribution in [0, 0.1) is 0 Å². The van der Waals surface area contributed by atoms with Crippen LogP contribution < -0.4 is 5.32 Å². The minimum atomic E-state index is -0.504. The highest BCUT2D eigenvalue weighted by atomic mass is 35.5. The predicted molar refractivity (Wildman–Crippen MR) is 32.6 cm³/mol. The molecule has 3 nitrogen and oxygen atoms in total. The Morgan fingerprint density at radius 2 is 2.25 bits per heavy atom. The van der Waals surface area contributed by atoms with E-state index >= 15 is 0 Å². The summed E-state index contributed by atoms with van der Waals surface area (Å²) in [5.74, 6) is 0. The summed E-state index contributed by atoms with van der Waals surface area (Å²) in [6.45, 7) is 2.30. The summed E-state index contributed by atoms with van der Waals surface area (Å²) < 4.78 is 0.448. The summed E-state index contributed by atoms with van der Waals surface area (Å²) in [6.07, 6.45) is 0. The van der Waals surface area contributed by atoms with Gasteiger partial charge in [0.2, 0.25) is 0 Å². The first-order valence-corrected chi connectivity index (χ1v) is 2.75. The largest absolute Gasteiger partial charge is 0.347 e. The molecule has 48 valence electrons. The first-order valence-electron chi connectivity index (χ1n) is 2.08. The van der Waals surface area contributed by atoms with Gasteiger partial charge >= 0.3 is 6.03 Å². The molecule has 0 aromatic heterocycles. The molecule has 1 N–H and O–H groups in total. The lowest BCUT2D eigenvalue weighted by molar-refractivity contribution is 0.237. The molecule has 0 heterocycles. The molecule has 0 bridgehead atoms. The number of urea groups is 1. The van der Waals surface area contributed by atoms with Gasteiger partial charge in [0.1, 0.15) is 0 Å².